The molecule has 1 unspecified atom stereocenters. The van der Waals surface area contributed by atoms with Crippen molar-refractivity contribution in [1.82, 2.24) is 5.32 Å². The van der Waals surface area contributed by atoms with Gasteiger partial charge in [0.25, 0.3) is 0 Å². The van der Waals surface area contributed by atoms with E-state index in [0.717, 1.165) is 39.8 Å². The Balaban J connectivity index is 1.23. The summed E-state index contributed by atoms with van der Waals surface area (Å²) >= 11 is 6.84. The Morgan fingerprint density at radius 2 is 1.28 bits per heavy atom. The van der Waals surface area contributed by atoms with Crippen LogP contribution in [0.25, 0.3) is 11.1 Å². The molecule has 50 heavy (non-hydrogen) atoms. The maximum absolute atomic E-state index is 14.2. The maximum atomic E-state index is 14.2. The van der Waals surface area contributed by atoms with Gasteiger partial charge in [-0.3, -0.25) is 4.79 Å². The molecule has 6 nitrogen and oxygen atoms in total. The molecule has 5 aromatic carbocycles. The fraction of sp³-hybridized carbons (Fsp3) is 0.256. The number of amides is 1. The summed E-state index contributed by atoms with van der Waals surface area (Å²) in [5, 5.41) is 3.37. The van der Waals surface area contributed by atoms with Gasteiger partial charge < -0.3 is 19.5 Å². The predicted molar refractivity (Wildman–Crippen MR) is 197 cm³/mol. The predicted octanol–water partition coefficient (Wildman–Crippen LogP) is 9.54. The molecule has 1 amide bonds. The third kappa shape index (κ3) is 7.77. The molecule has 6 rings (SSSR count). The SMILES string of the molecule is CC(C)CCOCC(CC(=O)OC(c1ccccc1)(c1ccccc1)c1ccccc1Cl)NC(=O)OCC1c2ccccc2-c2ccccc21. The molecule has 1 atom stereocenters. The minimum Gasteiger partial charge on any atom is -0.449 e. The smallest absolute Gasteiger partial charge is 0.407 e. The fourth-order valence-electron chi connectivity index (χ4n) is 6.66. The first-order valence-corrected chi connectivity index (χ1v) is 17.5. The first kappa shape index (κ1) is 34.9. The molecule has 256 valence electrons. The molecule has 0 aromatic heterocycles. The Morgan fingerprint density at radius 3 is 1.86 bits per heavy atom. The summed E-state index contributed by atoms with van der Waals surface area (Å²) in [7, 11) is 0. The van der Waals surface area contributed by atoms with Crippen LogP contribution in [-0.4, -0.2) is 37.9 Å². The van der Waals surface area contributed by atoms with Gasteiger partial charge in [0.15, 0.2) is 5.60 Å². The van der Waals surface area contributed by atoms with Crippen molar-refractivity contribution >= 4 is 23.7 Å². The van der Waals surface area contributed by atoms with E-state index in [1.165, 1.54) is 0 Å². The molecule has 1 aliphatic rings. The number of rotatable bonds is 14. The van der Waals surface area contributed by atoms with Crippen molar-refractivity contribution < 1.29 is 23.8 Å². The zero-order valence-electron chi connectivity index (χ0n) is 28.4. The summed E-state index contributed by atoms with van der Waals surface area (Å²) in [5.74, 6) is -0.178. The number of esters is 1. The standard InChI is InChI=1S/C43H42ClNO5/c1-30(2)25-26-48-28-33(45-42(47)49-29-38-36-21-11-9-19-34(36)35-20-10-12-22-37(35)38)27-41(46)50-43(31-15-5-3-6-16-31,32-17-7-4-8-18-32)39-23-13-14-24-40(39)44/h3-24,30,33,38H,25-29H2,1-2H3,(H,45,47). The summed E-state index contributed by atoms with van der Waals surface area (Å²) in [6.07, 6.45) is 0.0675. The van der Waals surface area contributed by atoms with Crippen LogP contribution in [0.5, 0.6) is 0 Å². The average Bonchev–Trinajstić information content (AvgIpc) is 3.46. The van der Waals surface area contributed by atoms with Gasteiger partial charge in [0, 0.05) is 34.2 Å². The molecule has 0 heterocycles. The van der Waals surface area contributed by atoms with E-state index >= 15 is 0 Å². The van der Waals surface area contributed by atoms with E-state index in [2.05, 4.69) is 43.4 Å². The molecule has 1 N–H and O–H groups in total. The van der Waals surface area contributed by atoms with Crippen LogP contribution in [0.4, 0.5) is 4.79 Å². The number of carbonyl (C=O) groups is 2. The third-order valence-corrected chi connectivity index (χ3v) is 9.45. The van der Waals surface area contributed by atoms with E-state index in [9.17, 15) is 9.59 Å². The van der Waals surface area contributed by atoms with Crippen LogP contribution < -0.4 is 5.32 Å². The molecule has 0 bridgehead atoms. The van der Waals surface area contributed by atoms with E-state index in [1.54, 1.807) is 6.07 Å². The lowest BCUT2D eigenvalue weighted by atomic mass is 9.80. The van der Waals surface area contributed by atoms with Gasteiger partial charge in [0.05, 0.1) is 19.1 Å². The topological polar surface area (TPSA) is 73.9 Å². The number of carbonyl (C=O) groups excluding carboxylic acids is 2. The second-order valence-corrected chi connectivity index (χ2v) is 13.4. The van der Waals surface area contributed by atoms with E-state index in [1.807, 2.05) is 103 Å². The van der Waals surface area contributed by atoms with Gasteiger partial charge in [0.1, 0.15) is 6.61 Å². The normalized spacial score (nSPS) is 13.0. The fourth-order valence-corrected chi connectivity index (χ4v) is 6.93. The molecule has 0 fully saturated rings. The Kier molecular flexibility index (Phi) is 11.3. The molecular formula is C43H42ClNO5. The Bertz CT molecular complexity index is 1810. The number of halogens is 1. The van der Waals surface area contributed by atoms with Crippen LogP contribution in [0.2, 0.25) is 5.02 Å². The summed E-state index contributed by atoms with van der Waals surface area (Å²) in [6, 6.07) is 42.2. The van der Waals surface area contributed by atoms with E-state index in [4.69, 9.17) is 25.8 Å². The lowest BCUT2D eigenvalue weighted by molar-refractivity contribution is -0.154. The number of ether oxygens (including phenoxy) is 3. The first-order chi connectivity index (χ1) is 24.4. The Hall–Kier alpha value is -4.91. The lowest BCUT2D eigenvalue weighted by Gasteiger charge is -2.36. The van der Waals surface area contributed by atoms with Crippen molar-refractivity contribution in [2.75, 3.05) is 19.8 Å². The first-order valence-electron chi connectivity index (χ1n) is 17.1. The van der Waals surface area contributed by atoms with Crippen LogP contribution in [0, 0.1) is 5.92 Å². The van der Waals surface area contributed by atoms with E-state index in [0.29, 0.717) is 23.1 Å². The van der Waals surface area contributed by atoms with E-state index < -0.39 is 23.7 Å². The number of nitrogens with one attached hydrogen (secondary N) is 1. The highest BCUT2D eigenvalue weighted by molar-refractivity contribution is 6.31. The molecule has 0 aliphatic heterocycles. The van der Waals surface area contributed by atoms with Crippen molar-refractivity contribution in [2.24, 2.45) is 5.92 Å². The second kappa shape index (κ2) is 16.2. The minimum absolute atomic E-state index is 0.0909. The van der Waals surface area contributed by atoms with Crippen molar-refractivity contribution in [3.8, 4) is 11.1 Å². The van der Waals surface area contributed by atoms with Gasteiger partial charge in [0.2, 0.25) is 0 Å². The van der Waals surface area contributed by atoms with Crippen LogP contribution in [0.15, 0.2) is 133 Å². The molecule has 5 aromatic rings. The number of hydrogen-bond acceptors (Lipinski definition) is 5. The van der Waals surface area contributed by atoms with Crippen molar-refractivity contribution in [2.45, 2.75) is 44.2 Å². The summed E-state index contributed by atoms with van der Waals surface area (Å²) in [5.41, 5.74) is 5.29. The molecule has 1 aliphatic carbocycles. The Morgan fingerprint density at radius 1 is 0.740 bits per heavy atom. The number of hydrogen-bond donors (Lipinski definition) is 1. The van der Waals surface area contributed by atoms with Gasteiger partial charge in [-0.05, 0) is 40.7 Å². The van der Waals surface area contributed by atoms with Crippen LogP contribution >= 0.6 is 11.6 Å². The monoisotopic (exact) mass is 687 g/mol. The van der Waals surface area contributed by atoms with Gasteiger partial charge in [-0.2, -0.15) is 0 Å². The van der Waals surface area contributed by atoms with Crippen LogP contribution in [0.3, 0.4) is 0 Å². The zero-order valence-corrected chi connectivity index (χ0v) is 29.1. The van der Waals surface area contributed by atoms with Gasteiger partial charge in [-0.25, -0.2) is 4.79 Å². The molecule has 0 saturated carbocycles. The highest BCUT2D eigenvalue weighted by atomic mass is 35.5. The largest absolute Gasteiger partial charge is 0.449 e. The highest BCUT2D eigenvalue weighted by Gasteiger charge is 2.42. The molecule has 0 saturated heterocycles. The molecular weight excluding hydrogens is 646 g/mol. The maximum Gasteiger partial charge on any atom is 0.407 e. The zero-order chi connectivity index (χ0) is 34.9. The lowest BCUT2D eigenvalue weighted by Crippen LogP contribution is -2.43. The third-order valence-electron chi connectivity index (χ3n) is 9.12. The number of fused-ring (bicyclic) bond motifs is 3. The number of alkyl carbamates (subject to hydrolysis) is 1. The Labute approximate surface area is 299 Å². The summed E-state index contributed by atoms with van der Waals surface area (Å²) < 4.78 is 18.4. The average molecular weight is 688 g/mol. The summed E-state index contributed by atoms with van der Waals surface area (Å²) in [4.78, 5) is 27.5. The van der Waals surface area contributed by atoms with Gasteiger partial charge >= 0.3 is 12.1 Å². The summed E-state index contributed by atoms with van der Waals surface area (Å²) in [6.45, 7) is 5.00. The van der Waals surface area contributed by atoms with Gasteiger partial charge in [-0.1, -0.05) is 153 Å². The number of benzene rings is 5. The van der Waals surface area contributed by atoms with Crippen LogP contribution in [0.1, 0.15) is 60.4 Å². The quantitative estimate of drug-likeness (QED) is 0.0715. The second-order valence-electron chi connectivity index (χ2n) is 13.0. The minimum atomic E-state index is -1.36. The molecule has 7 heteroatoms. The molecule has 0 spiro atoms. The van der Waals surface area contributed by atoms with Crippen molar-refractivity contribution in [1.29, 1.82) is 0 Å². The van der Waals surface area contributed by atoms with Crippen molar-refractivity contribution in [3.63, 3.8) is 0 Å². The van der Waals surface area contributed by atoms with Crippen molar-refractivity contribution in [3.05, 3.63) is 166 Å². The van der Waals surface area contributed by atoms with E-state index in [-0.39, 0.29) is 25.6 Å². The highest BCUT2D eigenvalue weighted by Crippen LogP contribution is 2.45. The van der Waals surface area contributed by atoms with Gasteiger partial charge in [-0.15, -0.1) is 0 Å². The molecule has 0 radical (unpaired) electrons. The van der Waals surface area contributed by atoms with Crippen LogP contribution in [-0.2, 0) is 24.6 Å².